The smallest absolute Gasteiger partial charge is 0.416 e. The molecular formula is C25H24F3NO3S. The SMILES string of the molecule is NC(CO)(CO)CCc1ccc2c(c1)Cc1cc(Oc3ccc(C(F)(F)F)cc3)ccc1S2. The van der Waals surface area contributed by atoms with Crippen LogP contribution in [0.15, 0.2) is 70.5 Å². The second kappa shape index (κ2) is 9.38. The minimum absolute atomic E-state index is 0.278. The molecule has 1 aliphatic rings. The third-order valence-electron chi connectivity index (χ3n) is 5.72. The first-order chi connectivity index (χ1) is 15.7. The van der Waals surface area contributed by atoms with E-state index < -0.39 is 17.3 Å². The van der Waals surface area contributed by atoms with Gasteiger partial charge in [0.15, 0.2) is 0 Å². The molecule has 174 valence electrons. The van der Waals surface area contributed by atoms with Crippen LogP contribution < -0.4 is 10.5 Å². The number of fused-ring (bicyclic) bond motifs is 2. The lowest BCUT2D eigenvalue weighted by molar-refractivity contribution is -0.137. The van der Waals surface area contributed by atoms with Crippen molar-refractivity contribution in [2.75, 3.05) is 13.2 Å². The van der Waals surface area contributed by atoms with Crippen molar-refractivity contribution in [3.8, 4) is 11.5 Å². The summed E-state index contributed by atoms with van der Waals surface area (Å²) in [5, 5.41) is 18.8. The van der Waals surface area contributed by atoms with Gasteiger partial charge in [-0.1, -0.05) is 23.9 Å². The van der Waals surface area contributed by atoms with Gasteiger partial charge in [0.1, 0.15) is 11.5 Å². The zero-order valence-corrected chi connectivity index (χ0v) is 18.5. The van der Waals surface area contributed by atoms with E-state index in [-0.39, 0.29) is 13.2 Å². The molecule has 0 fully saturated rings. The highest BCUT2D eigenvalue weighted by molar-refractivity contribution is 7.99. The summed E-state index contributed by atoms with van der Waals surface area (Å²) in [6, 6.07) is 16.5. The number of halogens is 3. The van der Waals surface area contributed by atoms with Gasteiger partial charge in [-0.15, -0.1) is 0 Å². The Labute approximate surface area is 194 Å². The lowest BCUT2D eigenvalue weighted by atomic mass is 9.92. The van der Waals surface area contributed by atoms with Crippen molar-refractivity contribution in [1.29, 1.82) is 0 Å². The van der Waals surface area contributed by atoms with Gasteiger partial charge in [0.2, 0.25) is 0 Å². The monoisotopic (exact) mass is 475 g/mol. The molecule has 3 aromatic carbocycles. The average molecular weight is 476 g/mol. The Morgan fingerprint density at radius 3 is 2.09 bits per heavy atom. The molecular weight excluding hydrogens is 451 g/mol. The number of aliphatic hydroxyl groups excluding tert-OH is 2. The fraction of sp³-hybridized carbons (Fsp3) is 0.280. The van der Waals surface area contributed by atoms with Gasteiger partial charge in [0, 0.05) is 9.79 Å². The van der Waals surface area contributed by atoms with Crippen molar-refractivity contribution < 1.29 is 28.1 Å². The quantitative estimate of drug-likeness (QED) is 0.344. The highest BCUT2D eigenvalue weighted by atomic mass is 32.2. The predicted octanol–water partition coefficient (Wildman–Crippen LogP) is 5.17. The van der Waals surface area contributed by atoms with E-state index in [2.05, 4.69) is 12.1 Å². The molecule has 0 aliphatic carbocycles. The molecule has 8 heteroatoms. The number of ether oxygens (including phenoxy) is 1. The van der Waals surface area contributed by atoms with Gasteiger partial charge in [0.05, 0.1) is 24.3 Å². The zero-order valence-electron chi connectivity index (χ0n) is 17.7. The third kappa shape index (κ3) is 5.52. The van der Waals surface area contributed by atoms with Crippen molar-refractivity contribution in [2.24, 2.45) is 5.73 Å². The topological polar surface area (TPSA) is 75.7 Å². The van der Waals surface area contributed by atoms with E-state index in [1.54, 1.807) is 11.8 Å². The van der Waals surface area contributed by atoms with Crippen LogP contribution in [0.1, 0.15) is 28.7 Å². The summed E-state index contributed by atoms with van der Waals surface area (Å²) < 4.78 is 44.1. The summed E-state index contributed by atoms with van der Waals surface area (Å²) >= 11 is 1.66. The van der Waals surface area contributed by atoms with E-state index in [1.807, 2.05) is 24.3 Å². The molecule has 3 aromatic rings. The third-order valence-corrected chi connectivity index (χ3v) is 6.95. The van der Waals surface area contributed by atoms with Crippen LogP contribution >= 0.6 is 11.8 Å². The number of aliphatic hydroxyl groups is 2. The van der Waals surface area contributed by atoms with Gasteiger partial charge in [-0.05, 0) is 84.5 Å². The molecule has 1 aliphatic heterocycles. The second-order valence-electron chi connectivity index (χ2n) is 8.29. The molecule has 0 spiro atoms. The molecule has 0 aromatic heterocycles. The maximum atomic E-state index is 12.8. The van der Waals surface area contributed by atoms with Gasteiger partial charge >= 0.3 is 6.18 Å². The minimum atomic E-state index is -4.38. The van der Waals surface area contributed by atoms with Crippen molar-refractivity contribution in [2.45, 2.75) is 40.8 Å². The van der Waals surface area contributed by atoms with Crippen molar-refractivity contribution in [3.63, 3.8) is 0 Å². The van der Waals surface area contributed by atoms with Crippen molar-refractivity contribution in [3.05, 3.63) is 82.9 Å². The number of benzene rings is 3. The Hall–Kier alpha value is -2.52. The molecule has 0 radical (unpaired) electrons. The predicted molar refractivity (Wildman–Crippen MR) is 121 cm³/mol. The van der Waals surface area contributed by atoms with Gasteiger partial charge < -0.3 is 20.7 Å². The fourth-order valence-electron chi connectivity index (χ4n) is 3.66. The molecule has 4 N–H and O–H groups in total. The van der Waals surface area contributed by atoms with Gasteiger partial charge in [-0.3, -0.25) is 0 Å². The summed E-state index contributed by atoms with van der Waals surface area (Å²) in [6.45, 7) is -0.557. The maximum absolute atomic E-state index is 12.8. The molecule has 4 nitrogen and oxygen atoms in total. The lowest BCUT2D eigenvalue weighted by Gasteiger charge is -2.25. The zero-order chi connectivity index (χ0) is 23.6. The maximum Gasteiger partial charge on any atom is 0.416 e. The number of rotatable bonds is 7. The van der Waals surface area contributed by atoms with Crippen LogP contribution in [-0.4, -0.2) is 29.0 Å². The molecule has 0 amide bonds. The van der Waals surface area contributed by atoms with Gasteiger partial charge in [0.25, 0.3) is 0 Å². The van der Waals surface area contributed by atoms with Crippen molar-refractivity contribution >= 4 is 11.8 Å². The number of hydrogen-bond acceptors (Lipinski definition) is 5. The lowest BCUT2D eigenvalue weighted by Crippen LogP contribution is -2.47. The first-order valence-electron chi connectivity index (χ1n) is 10.5. The highest BCUT2D eigenvalue weighted by Crippen LogP contribution is 2.42. The Balaban J connectivity index is 1.47. The Morgan fingerprint density at radius 2 is 1.45 bits per heavy atom. The van der Waals surface area contributed by atoms with Crippen LogP contribution in [0.5, 0.6) is 11.5 Å². The number of hydrogen-bond donors (Lipinski definition) is 3. The van der Waals surface area contributed by atoms with Crippen LogP contribution in [0.3, 0.4) is 0 Å². The molecule has 33 heavy (non-hydrogen) atoms. The molecule has 0 unspecified atom stereocenters. The van der Waals surface area contributed by atoms with Crippen LogP contribution in [-0.2, 0) is 19.0 Å². The van der Waals surface area contributed by atoms with Gasteiger partial charge in [-0.25, -0.2) is 0 Å². The van der Waals surface area contributed by atoms with Crippen LogP contribution in [0, 0.1) is 0 Å². The number of aryl methyl sites for hydroxylation is 1. The normalized spacial score (nSPS) is 13.4. The van der Waals surface area contributed by atoms with Crippen LogP contribution in [0.4, 0.5) is 13.2 Å². The number of alkyl halides is 3. The minimum Gasteiger partial charge on any atom is -0.457 e. The second-order valence-corrected chi connectivity index (χ2v) is 9.38. The average Bonchev–Trinajstić information content (AvgIpc) is 2.81. The van der Waals surface area contributed by atoms with Crippen LogP contribution in [0.2, 0.25) is 0 Å². The Kier molecular flexibility index (Phi) is 6.72. The largest absolute Gasteiger partial charge is 0.457 e. The van der Waals surface area contributed by atoms with E-state index in [0.717, 1.165) is 38.6 Å². The van der Waals surface area contributed by atoms with E-state index in [0.29, 0.717) is 30.8 Å². The molecule has 0 saturated heterocycles. The molecule has 0 atom stereocenters. The summed E-state index contributed by atoms with van der Waals surface area (Å²) in [5.41, 5.74) is 7.58. The molecule has 0 bridgehead atoms. The summed E-state index contributed by atoms with van der Waals surface area (Å²) in [6.07, 6.45) is -2.58. The molecule has 4 rings (SSSR count). The van der Waals surface area contributed by atoms with E-state index >= 15 is 0 Å². The first kappa shape index (κ1) is 23.6. The molecule has 1 heterocycles. The van der Waals surface area contributed by atoms with Gasteiger partial charge in [-0.2, -0.15) is 13.2 Å². The van der Waals surface area contributed by atoms with Crippen molar-refractivity contribution in [1.82, 2.24) is 0 Å². The standard InChI is InChI=1S/C25H24F3NO3S/c26-25(27,28)19-2-4-20(5-3-19)32-21-6-8-23-18(13-21)12-17-11-16(1-7-22(17)33-23)9-10-24(29,14-30)15-31/h1-8,11,13,30-31H,9-10,12,14-15,29H2. The van der Waals surface area contributed by atoms with E-state index in [9.17, 15) is 23.4 Å². The number of nitrogens with two attached hydrogens (primary N) is 1. The first-order valence-corrected chi connectivity index (χ1v) is 11.3. The van der Waals surface area contributed by atoms with Crippen LogP contribution in [0.25, 0.3) is 0 Å². The van der Waals surface area contributed by atoms with E-state index in [1.165, 1.54) is 12.1 Å². The van der Waals surface area contributed by atoms with E-state index in [4.69, 9.17) is 10.5 Å². The Morgan fingerprint density at radius 1 is 0.848 bits per heavy atom. The molecule has 0 saturated carbocycles. The Bertz CT molecular complexity index is 1130. The highest BCUT2D eigenvalue weighted by Gasteiger charge is 2.30. The summed E-state index contributed by atoms with van der Waals surface area (Å²) in [7, 11) is 0. The summed E-state index contributed by atoms with van der Waals surface area (Å²) in [4.78, 5) is 2.27. The fourth-order valence-corrected chi connectivity index (χ4v) is 4.69. The summed E-state index contributed by atoms with van der Waals surface area (Å²) in [5.74, 6) is 0.902.